The van der Waals surface area contributed by atoms with Crippen LogP contribution in [0, 0.1) is 0 Å². The van der Waals surface area contributed by atoms with E-state index in [4.69, 9.17) is 0 Å². The summed E-state index contributed by atoms with van der Waals surface area (Å²) in [4.78, 5) is 0. The van der Waals surface area contributed by atoms with Crippen LogP contribution < -0.4 is 0 Å². The van der Waals surface area contributed by atoms with Crippen LogP contribution in [0.1, 0.15) is 50.7 Å². The Morgan fingerprint density at radius 1 is 0.708 bits per heavy atom. The first-order chi connectivity index (χ1) is 11.7. The lowest BCUT2D eigenvalue weighted by atomic mass is 10.0. The van der Waals surface area contributed by atoms with Gasteiger partial charge in [-0.1, -0.05) is 51.0 Å². The van der Waals surface area contributed by atoms with Crippen molar-refractivity contribution in [2.45, 2.75) is 39.5 Å². The summed E-state index contributed by atoms with van der Waals surface area (Å²) in [6.07, 6.45) is 3.26. The third kappa shape index (κ3) is 4.44. The van der Waals surface area contributed by atoms with Gasteiger partial charge in [-0.3, -0.25) is 0 Å². The van der Waals surface area contributed by atoms with Crippen LogP contribution in [0.2, 0.25) is 0 Å². The maximum atomic E-state index is 10.1. The molecule has 0 aromatic heterocycles. The topological polar surface area (TPSA) is 65.2 Å². The van der Waals surface area contributed by atoms with Gasteiger partial charge in [-0.15, -0.1) is 0 Å². The van der Waals surface area contributed by atoms with Crippen LogP contribution in [0.3, 0.4) is 0 Å². The maximum Gasteiger partial charge on any atom is 0.124 e. The predicted octanol–water partition coefficient (Wildman–Crippen LogP) is 4.89. The Kier molecular flexibility index (Phi) is 6.55. The van der Waals surface area contributed by atoms with Gasteiger partial charge in [0.15, 0.2) is 0 Å². The first-order valence-corrected chi connectivity index (χ1v) is 8.37. The Balaban J connectivity index is 2.44. The molecule has 4 nitrogen and oxygen atoms in total. The molecule has 2 rings (SSSR count). The number of aromatic hydroxyl groups is 2. The van der Waals surface area contributed by atoms with Crippen LogP contribution >= 0.6 is 0 Å². The molecule has 0 saturated heterocycles. The third-order valence-corrected chi connectivity index (χ3v) is 3.69. The molecule has 0 unspecified atom stereocenters. The van der Waals surface area contributed by atoms with Crippen LogP contribution in [0.5, 0.6) is 11.5 Å². The molecule has 0 atom stereocenters. The number of nitrogens with zero attached hydrogens (tertiary/aromatic N) is 2. The molecule has 0 saturated carbocycles. The number of hydrogen-bond acceptors (Lipinski definition) is 4. The van der Waals surface area contributed by atoms with E-state index in [1.807, 2.05) is 24.3 Å². The van der Waals surface area contributed by atoms with Gasteiger partial charge in [-0.05, 0) is 37.1 Å². The molecule has 24 heavy (non-hydrogen) atoms. The van der Waals surface area contributed by atoms with E-state index in [0.717, 1.165) is 37.1 Å². The average Bonchev–Trinajstić information content (AvgIpc) is 2.59. The molecule has 0 fully saturated rings. The molecule has 0 aliphatic carbocycles. The normalized spacial score (nSPS) is 12.4. The Hall–Kier alpha value is -2.62. The highest BCUT2D eigenvalue weighted by atomic mass is 16.3. The molecule has 2 N–H and O–H groups in total. The Bertz CT molecular complexity index is 672. The van der Waals surface area contributed by atoms with Gasteiger partial charge in [0, 0.05) is 11.1 Å². The minimum Gasteiger partial charge on any atom is -0.507 e. The van der Waals surface area contributed by atoms with E-state index >= 15 is 0 Å². The zero-order valence-corrected chi connectivity index (χ0v) is 14.2. The molecule has 0 heterocycles. The highest BCUT2D eigenvalue weighted by molar-refractivity contribution is 6.05. The maximum absolute atomic E-state index is 10.1. The molecule has 126 valence electrons. The number of phenols is 2. The SMILES string of the molecule is CCC/C(=N/N=C(/CCC)c1ccccc1O)c1ccccc1O. The van der Waals surface area contributed by atoms with Gasteiger partial charge in [0.05, 0.1) is 11.4 Å². The summed E-state index contributed by atoms with van der Waals surface area (Å²) in [5.41, 5.74) is 2.91. The fraction of sp³-hybridized carbons (Fsp3) is 0.300. The van der Waals surface area contributed by atoms with Crippen molar-refractivity contribution in [2.24, 2.45) is 10.2 Å². The summed E-state index contributed by atoms with van der Waals surface area (Å²) in [6, 6.07) is 14.3. The van der Waals surface area contributed by atoms with E-state index in [1.165, 1.54) is 0 Å². The largest absolute Gasteiger partial charge is 0.507 e. The Morgan fingerprint density at radius 3 is 1.42 bits per heavy atom. The number of para-hydroxylation sites is 2. The molecular weight excluding hydrogens is 300 g/mol. The lowest BCUT2D eigenvalue weighted by Crippen LogP contribution is -2.04. The molecule has 0 aliphatic heterocycles. The van der Waals surface area contributed by atoms with Crippen LogP contribution in [0.25, 0.3) is 0 Å². The highest BCUT2D eigenvalue weighted by Crippen LogP contribution is 2.21. The summed E-state index contributed by atoms with van der Waals surface area (Å²) in [5.74, 6) is 0.416. The summed E-state index contributed by atoms with van der Waals surface area (Å²) in [5, 5.41) is 29.0. The van der Waals surface area contributed by atoms with Crippen LogP contribution in [0.4, 0.5) is 0 Å². The fourth-order valence-corrected chi connectivity index (χ4v) is 2.51. The minimum atomic E-state index is 0.208. The number of rotatable bonds is 7. The predicted molar refractivity (Wildman–Crippen MR) is 99.1 cm³/mol. The van der Waals surface area contributed by atoms with Gasteiger partial charge in [-0.25, -0.2) is 0 Å². The fourth-order valence-electron chi connectivity index (χ4n) is 2.51. The Morgan fingerprint density at radius 2 is 1.08 bits per heavy atom. The molecule has 2 aromatic rings. The van der Waals surface area contributed by atoms with Gasteiger partial charge >= 0.3 is 0 Å². The van der Waals surface area contributed by atoms with Crippen molar-refractivity contribution in [3.8, 4) is 11.5 Å². The van der Waals surface area contributed by atoms with Crippen LogP contribution in [0.15, 0.2) is 58.7 Å². The van der Waals surface area contributed by atoms with E-state index in [0.29, 0.717) is 11.1 Å². The number of phenolic OH excluding ortho intramolecular Hbond substituents is 2. The Labute approximate surface area is 143 Å². The van der Waals surface area contributed by atoms with Crippen molar-refractivity contribution >= 4 is 11.4 Å². The highest BCUT2D eigenvalue weighted by Gasteiger charge is 2.10. The first-order valence-electron chi connectivity index (χ1n) is 8.37. The summed E-state index contributed by atoms with van der Waals surface area (Å²) in [7, 11) is 0. The summed E-state index contributed by atoms with van der Waals surface area (Å²) in [6.45, 7) is 4.13. The molecule has 0 spiro atoms. The monoisotopic (exact) mass is 324 g/mol. The summed E-state index contributed by atoms with van der Waals surface area (Å²) < 4.78 is 0. The van der Waals surface area contributed by atoms with Gasteiger partial charge in [-0.2, -0.15) is 10.2 Å². The van der Waals surface area contributed by atoms with Crippen molar-refractivity contribution in [1.82, 2.24) is 0 Å². The van der Waals surface area contributed by atoms with Crippen molar-refractivity contribution in [3.05, 3.63) is 59.7 Å². The zero-order valence-electron chi connectivity index (χ0n) is 14.2. The average molecular weight is 324 g/mol. The molecule has 2 aromatic carbocycles. The van der Waals surface area contributed by atoms with E-state index in [9.17, 15) is 10.2 Å². The first kappa shape index (κ1) is 17.7. The second-order valence-corrected chi connectivity index (χ2v) is 5.63. The lowest BCUT2D eigenvalue weighted by Gasteiger charge is -2.08. The van der Waals surface area contributed by atoms with E-state index in [1.54, 1.807) is 24.3 Å². The van der Waals surface area contributed by atoms with Gasteiger partial charge in [0.2, 0.25) is 0 Å². The smallest absolute Gasteiger partial charge is 0.124 e. The van der Waals surface area contributed by atoms with E-state index < -0.39 is 0 Å². The van der Waals surface area contributed by atoms with Gasteiger partial charge < -0.3 is 10.2 Å². The molecule has 0 bridgehead atoms. The second kappa shape index (κ2) is 8.87. The van der Waals surface area contributed by atoms with Gasteiger partial charge in [0.1, 0.15) is 11.5 Å². The zero-order chi connectivity index (χ0) is 17.4. The molecule has 0 aliphatic rings. The quantitative estimate of drug-likeness (QED) is 0.562. The third-order valence-electron chi connectivity index (χ3n) is 3.69. The standard InChI is InChI=1S/C20H24N2O2/c1-3-9-17(15-11-5-7-13-19(15)23)21-22-18(10-4-2)16-12-6-8-14-20(16)24/h5-8,11-14,23-24H,3-4,9-10H2,1-2H3/b21-17-,22-18-. The number of hydrogen-bond donors (Lipinski definition) is 2. The molecule has 0 amide bonds. The lowest BCUT2D eigenvalue weighted by molar-refractivity contribution is 0.473. The number of benzene rings is 2. The van der Waals surface area contributed by atoms with Gasteiger partial charge in [0.25, 0.3) is 0 Å². The van der Waals surface area contributed by atoms with Crippen molar-refractivity contribution in [2.75, 3.05) is 0 Å². The van der Waals surface area contributed by atoms with Crippen LogP contribution in [-0.4, -0.2) is 21.6 Å². The van der Waals surface area contributed by atoms with E-state index in [2.05, 4.69) is 24.1 Å². The molecular formula is C20H24N2O2. The molecule has 0 radical (unpaired) electrons. The van der Waals surface area contributed by atoms with Crippen molar-refractivity contribution in [3.63, 3.8) is 0 Å². The van der Waals surface area contributed by atoms with Crippen molar-refractivity contribution in [1.29, 1.82) is 0 Å². The minimum absolute atomic E-state index is 0.208. The van der Waals surface area contributed by atoms with E-state index in [-0.39, 0.29) is 11.5 Å². The van der Waals surface area contributed by atoms with Crippen molar-refractivity contribution < 1.29 is 10.2 Å². The molecule has 4 heteroatoms. The summed E-state index contributed by atoms with van der Waals surface area (Å²) >= 11 is 0. The van der Waals surface area contributed by atoms with Crippen LogP contribution in [-0.2, 0) is 0 Å². The second-order valence-electron chi connectivity index (χ2n) is 5.63.